The first kappa shape index (κ1) is 29.9. The van der Waals surface area contributed by atoms with Crippen LogP contribution in [0.3, 0.4) is 0 Å². The molecule has 1 N–H and O–H groups in total. The van der Waals surface area contributed by atoms with E-state index in [9.17, 15) is 22.8 Å². The number of halogens is 1. The Morgan fingerprint density at radius 2 is 1.62 bits per heavy atom. The van der Waals surface area contributed by atoms with Crippen molar-refractivity contribution >= 4 is 44.9 Å². The molecule has 0 saturated heterocycles. The van der Waals surface area contributed by atoms with Crippen LogP contribution in [-0.4, -0.2) is 56.3 Å². The summed E-state index contributed by atoms with van der Waals surface area (Å²) >= 11 is 6.42. The van der Waals surface area contributed by atoms with E-state index in [1.165, 1.54) is 24.0 Å². The van der Waals surface area contributed by atoms with E-state index in [2.05, 4.69) is 5.32 Å². The fourth-order valence-electron chi connectivity index (χ4n) is 4.15. The first-order valence-electron chi connectivity index (χ1n) is 12.4. The van der Waals surface area contributed by atoms with E-state index in [1.807, 2.05) is 30.3 Å². The molecule has 39 heavy (non-hydrogen) atoms. The molecule has 3 aromatic carbocycles. The van der Waals surface area contributed by atoms with Gasteiger partial charge >= 0.3 is 0 Å². The lowest BCUT2D eigenvalue weighted by atomic mass is 10.0. The van der Waals surface area contributed by atoms with Gasteiger partial charge in [-0.15, -0.1) is 0 Å². The highest BCUT2D eigenvalue weighted by Gasteiger charge is 2.33. The molecule has 206 valence electrons. The van der Waals surface area contributed by atoms with Gasteiger partial charge in [0.25, 0.3) is 0 Å². The highest BCUT2D eigenvalue weighted by molar-refractivity contribution is 7.92. The van der Waals surface area contributed by atoms with Gasteiger partial charge in [-0.25, -0.2) is 8.42 Å². The van der Waals surface area contributed by atoms with Crippen molar-refractivity contribution in [3.05, 3.63) is 101 Å². The molecule has 0 saturated carbocycles. The second-order valence-electron chi connectivity index (χ2n) is 9.09. The molecule has 0 unspecified atom stereocenters. The quantitative estimate of drug-likeness (QED) is 0.331. The molecule has 0 aromatic heterocycles. The van der Waals surface area contributed by atoms with Crippen LogP contribution in [0, 0.1) is 0 Å². The molecule has 10 heteroatoms. The standard InChI is InChI=1S/C29H32ClN3O5S/c1-4-31-29(36)27(17-22-11-6-5-7-12-22)32(19-24-13-8-9-16-26(24)30)28(35)20-33(39(3,37)38)25-15-10-14-23(18-25)21(2)34/h5-16,18,27H,4,17,19-20H2,1-3H3,(H,31,36)/t27-/m0/s1. The second kappa shape index (κ2) is 13.4. The van der Waals surface area contributed by atoms with E-state index in [0.717, 1.165) is 16.1 Å². The predicted octanol–water partition coefficient (Wildman–Crippen LogP) is 4.08. The molecular weight excluding hydrogens is 538 g/mol. The van der Waals surface area contributed by atoms with Crippen LogP contribution in [0.25, 0.3) is 0 Å². The van der Waals surface area contributed by atoms with Gasteiger partial charge in [-0.2, -0.15) is 0 Å². The number of hydrogen-bond donors (Lipinski definition) is 1. The maximum atomic E-state index is 14.0. The fraction of sp³-hybridized carbons (Fsp3) is 0.276. The van der Waals surface area contributed by atoms with Crippen molar-refractivity contribution < 1.29 is 22.8 Å². The minimum Gasteiger partial charge on any atom is -0.355 e. The van der Waals surface area contributed by atoms with E-state index in [0.29, 0.717) is 22.7 Å². The highest BCUT2D eigenvalue weighted by atomic mass is 35.5. The summed E-state index contributed by atoms with van der Waals surface area (Å²) in [6.07, 6.45) is 1.20. The molecule has 0 aliphatic rings. The predicted molar refractivity (Wildman–Crippen MR) is 153 cm³/mol. The zero-order valence-corrected chi connectivity index (χ0v) is 23.7. The molecule has 2 amide bonds. The summed E-state index contributed by atoms with van der Waals surface area (Å²) in [4.78, 5) is 40.6. The summed E-state index contributed by atoms with van der Waals surface area (Å²) in [6.45, 7) is 2.92. The average Bonchev–Trinajstić information content (AvgIpc) is 2.90. The monoisotopic (exact) mass is 569 g/mol. The molecule has 0 radical (unpaired) electrons. The number of nitrogens with one attached hydrogen (secondary N) is 1. The molecule has 0 aliphatic heterocycles. The van der Waals surface area contributed by atoms with E-state index in [1.54, 1.807) is 43.3 Å². The van der Waals surface area contributed by atoms with E-state index >= 15 is 0 Å². The van der Waals surface area contributed by atoms with Crippen molar-refractivity contribution in [1.29, 1.82) is 0 Å². The number of Topliss-reactive ketones (excluding diaryl/α,β-unsaturated/α-hetero) is 1. The summed E-state index contributed by atoms with van der Waals surface area (Å²) in [6, 6.07) is 21.4. The lowest BCUT2D eigenvalue weighted by Gasteiger charge is -2.33. The smallest absolute Gasteiger partial charge is 0.244 e. The number of ketones is 1. The molecule has 0 fully saturated rings. The maximum absolute atomic E-state index is 14.0. The fourth-order valence-corrected chi connectivity index (χ4v) is 5.19. The molecule has 3 aromatic rings. The van der Waals surface area contributed by atoms with Gasteiger partial charge in [0, 0.05) is 30.1 Å². The molecule has 0 bridgehead atoms. The van der Waals surface area contributed by atoms with Gasteiger partial charge in [0.05, 0.1) is 11.9 Å². The van der Waals surface area contributed by atoms with Gasteiger partial charge in [0.2, 0.25) is 21.8 Å². The van der Waals surface area contributed by atoms with Crippen LogP contribution in [0.5, 0.6) is 0 Å². The molecular formula is C29H32ClN3O5S. The van der Waals surface area contributed by atoms with E-state index < -0.39 is 28.5 Å². The number of rotatable bonds is 12. The minimum absolute atomic E-state index is 0.0156. The minimum atomic E-state index is -3.94. The van der Waals surface area contributed by atoms with Crippen LogP contribution in [0.4, 0.5) is 5.69 Å². The Bertz CT molecular complexity index is 1430. The van der Waals surface area contributed by atoms with Gasteiger partial charge in [0.1, 0.15) is 12.6 Å². The average molecular weight is 570 g/mol. The van der Waals surface area contributed by atoms with Gasteiger partial charge in [-0.05, 0) is 43.2 Å². The first-order chi connectivity index (χ1) is 18.5. The number of anilines is 1. The molecule has 8 nitrogen and oxygen atoms in total. The Kier molecular flexibility index (Phi) is 10.3. The molecule has 0 aliphatic carbocycles. The van der Waals surface area contributed by atoms with Crippen molar-refractivity contribution in [3.8, 4) is 0 Å². The first-order valence-corrected chi connectivity index (χ1v) is 14.7. The normalized spacial score (nSPS) is 11.9. The number of carbonyl (C=O) groups is 3. The lowest BCUT2D eigenvalue weighted by Crippen LogP contribution is -2.53. The number of carbonyl (C=O) groups excluding carboxylic acids is 3. The van der Waals surface area contributed by atoms with E-state index in [4.69, 9.17) is 11.6 Å². The Morgan fingerprint density at radius 3 is 2.23 bits per heavy atom. The van der Waals surface area contributed by atoms with Gasteiger partial charge < -0.3 is 10.2 Å². The number of amides is 2. The van der Waals surface area contributed by atoms with Crippen molar-refractivity contribution in [1.82, 2.24) is 10.2 Å². The van der Waals surface area contributed by atoms with Crippen molar-refractivity contribution in [2.45, 2.75) is 32.9 Å². The molecule has 0 spiro atoms. The van der Waals surface area contributed by atoms with Gasteiger partial charge in [-0.3, -0.25) is 18.7 Å². The SMILES string of the molecule is CCNC(=O)[C@H](Cc1ccccc1)N(Cc1ccccc1Cl)C(=O)CN(c1cccc(C(C)=O)c1)S(C)(=O)=O. The van der Waals surface area contributed by atoms with Crippen molar-refractivity contribution in [2.75, 3.05) is 23.7 Å². The Labute approximate surface area is 234 Å². The lowest BCUT2D eigenvalue weighted by molar-refractivity contribution is -0.140. The third-order valence-electron chi connectivity index (χ3n) is 6.14. The maximum Gasteiger partial charge on any atom is 0.244 e. The Morgan fingerprint density at radius 1 is 0.949 bits per heavy atom. The van der Waals surface area contributed by atoms with Crippen molar-refractivity contribution in [2.24, 2.45) is 0 Å². The third-order valence-corrected chi connectivity index (χ3v) is 7.65. The summed E-state index contributed by atoms with van der Waals surface area (Å²) < 4.78 is 26.6. The molecule has 3 rings (SSSR count). The van der Waals surface area contributed by atoms with Crippen molar-refractivity contribution in [3.63, 3.8) is 0 Å². The van der Waals surface area contributed by atoms with Crippen LogP contribution in [-0.2, 0) is 32.6 Å². The van der Waals surface area contributed by atoms with Crippen LogP contribution in [0.15, 0.2) is 78.9 Å². The highest BCUT2D eigenvalue weighted by Crippen LogP contribution is 2.23. The Hall–Kier alpha value is -3.69. The number of benzene rings is 3. The number of likely N-dealkylation sites (N-methyl/N-ethyl adjacent to an activating group) is 1. The van der Waals surface area contributed by atoms with Crippen LogP contribution in [0.2, 0.25) is 5.02 Å². The molecule has 1 atom stereocenters. The van der Waals surface area contributed by atoms with Crippen LogP contribution in [0.1, 0.15) is 35.3 Å². The summed E-state index contributed by atoms with van der Waals surface area (Å²) in [5.74, 6) is -1.21. The second-order valence-corrected chi connectivity index (χ2v) is 11.4. The number of nitrogens with zero attached hydrogens (tertiary/aromatic N) is 2. The largest absolute Gasteiger partial charge is 0.355 e. The van der Waals surface area contributed by atoms with Gasteiger partial charge in [-0.1, -0.05) is 72.3 Å². The summed E-state index contributed by atoms with van der Waals surface area (Å²) in [7, 11) is -3.94. The van der Waals surface area contributed by atoms with Crippen LogP contribution < -0.4 is 9.62 Å². The summed E-state index contributed by atoms with van der Waals surface area (Å²) in [5.41, 5.74) is 1.93. The number of hydrogen-bond acceptors (Lipinski definition) is 5. The topological polar surface area (TPSA) is 104 Å². The van der Waals surface area contributed by atoms with Crippen LogP contribution >= 0.6 is 11.6 Å². The number of sulfonamides is 1. The Balaban J connectivity index is 2.07. The van der Waals surface area contributed by atoms with Gasteiger partial charge in [0.15, 0.2) is 5.78 Å². The third kappa shape index (κ3) is 8.15. The molecule has 0 heterocycles. The van der Waals surface area contributed by atoms with E-state index in [-0.39, 0.29) is 30.3 Å². The zero-order chi connectivity index (χ0) is 28.6. The zero-order valence-electron chi connectivity index (χ0n) is 22.1. The summed E-state index contributed by atoms with van der Waals surface area (Å²) in [5, 5.41) is 3.22.